The summed E-state index contributed by atoms with van der Waals surface area (Å²) < 4.78 is 5.13. The second kappa shape index (κ2) is 7.36. The van der Waals surface area contributed by atoms with Crippen LogP contribution >= 0.6 is 0 Å². The molecule has 130 valence electrons. The summed E-state index contributed by atoms with van der Waals surface area (Å²) >= 11 is 0. The molecule has 3 aromatic rings. The molecule has 3 heteroatoms. The molecule has 0 atom stereocenters. The smallest absolute Gasteiger partial charge is 0.193 e. The van der Waals surface area contributed by atoms with Crippen molar-refractivity contribution < 1.29 is 14.3 Å². The van der Waals surface area contributed by atoms with Gasteiger partial charge in [-0.1, -0.05) is 36.4 Å². The maximum absolute atomic E-state index is 13.0. The van der Waals surface area contributed by atoms with Crippen molar-refractivity contribution in [2.24, 2.45) is 0 Å². The summed E-state index contributed by atoms with van der Waals surface area (Å²) in [6.07, 6.45) is 0. The zero-order chi connectivity index (χ0) is 18.7. The van der Waals surface area contributed by atoms with Gasteiger partial charge < -0.3 is 4.74 Å². The first-order chi connectivity index (χ1) is 12.5. The minimum Gasteiger partial charge on any atom is -0.497 e. The molecule has 0 fully saturated rings. The summed E-state index contributed by atoms with van der Waals surface area (Å²) in [4.78, 5) is 25.9. The average Bonchev–Trinajstić information content (AvgIpc) is 2.69. The Morgan fingerprint density at radius 1 is 0.692 bits per heavy atom. The lowest BCUT2D eigenvalue weighted by atomic mass is 9.92. The zero-order valence-corrected chi connectivity index (χ0v) is 15.1. The molecule has 0 aliphatic rings. The Morgan fingerprint density at radius 3 is 1.77 bits per heavy atom. The van der Waals surface area contributed by atoms with E-state index in [1.807, 2.05) is 26.0 Å². The van der Waals surface area contributed by atoms with Crippen molar-refractivity contribution in [3.05, 3.63) is 100 Å². The lowest BCUT2D eigenvalue weighted by molar-refractivity contribution is 0.100. The molecule has 0 aliphatic heterocycles. The Labute approximate surface area is 153 Å². The molecule has 0 saturated carbocycles. The lowest BCUT2D eigenvalue weighted by Gasteiger charge is -2.10. The summed E-state index contributed by atoms with van der Waals surface area (Å²) in [5.74, 6) is 0.354. The van der Waals surface area contributed by atoms with Gasteiger partial charge in [0.25, 0.3) is 0 Å². The van der Waals surface area contributed by atoms with E-state index in [0.29, 0.717) is 28.0 Å². The highest BCUT2D eigenvalue weighted by atomic mass is 16.5. The Morgan fingerprint density at radius 2 is 1.23 bits per heavy atom. The molecule has 0 bridgehead atoms. The van der Waals surface area contributed by atoms with Crippen LogP contribution in [0.3, 0.4) is 0 Å². The molecule has 0 aromatic heterocycles. The number of carbonyl (C=O) groups excluding carboxylic acids is 2. The molecule has 0 saturated heterocycles. The van der Waals surface area contributed by atoms with Crippen LogP contribution in [0, 0.1) is 13.8 Å². The number of benzene rings is 3. The van der Waals surface area contributed by atoms with Gasteiger partial charge in [0.05, 0.1) is 7.11 Å². The average molecular weight is 344 g/mol. The van der Waals surface area contributed by atoms with E-state index in [2.05, 4.69) is 0 Å². The molecule has 0 radical (unpaired) electrons. The van der Waals surface area contributed by atoms with Crippen LogP contribution in [0.4, 0.5) is 0 Å². The number of hydrogen-bond acceptors (Lipinski definition) is 3. The van der Waals surface area contributed by atoms with E-state index in [1.54, 1.807) is 61.7 Å². The largest absolute Gasteiger partial charge is 0.497 e. The Hall–Kier alpha value is -3.20. The molecule has 0 spiro atoms. The monoisotopic (exact) mass is 344 g/mol. The van der Waals surface area contributed by atoms with Crippen LogP contribution < -0.4 is 4.74 Å². The van der Waals surface area contributed by atoms with Crippen LogP contribution in [0.15, 0.2) is 66.7 Å². The molecule has 3 nitrogen and oxygen atoms in total. The maximum Gasteiger partial charge on any atom is 0.193 e. The minimum absolute atomic E-state index is 0.148. The van der Waals surface area contributed by atoms with E-state index in [0.717, 1.165) is 11.1 Å². The minimum atomic E-state index is -0.180. The lowest BCUT2D eigenvalue weighted by Crippen LogP contribution is -2.11. The Kier molecular flexibility index (Phi) is 4.99. The highest BCUT2D eigenvalue weighted by Gasteiger charge is 2.19. The Balaban J connectivity index is 2.00. The SMILES string of the molecule is COc1ccc(C(=O)c2ccccc2C(=O)c2ccc(C)c(C)c2)cc1. The predicted octanol–water partition coefficient (Wildman–Crippen LogP) is 4.77. The first kappa shape index (κ1) is 17.6. The molecule has 3 rings (SSSR count). The number of aryl methyl sites for hydroxylation is 2. The van der Waals surface area contributed by atoms with Crippen molar-refractivity contribution in [1.29, 1.82) is 0 Å². The zero-order valence-electron chi connectivity index (χ0n) is 15.1. The van der Waals surface area contributed by atoms with Gasteiger partial charge in [-0.05, 0) is 55.3 Å². The van der Waals surface area contributed by atoms with Gasteiger partial charge >= 0.3 is 0 Å². The van der Waals surface area contributed by atoms with E-state index in [4.69, 9.17) is 4.74 Å². The van der Waals surface area contributed by atoms with Crippen molar-refractivity contribution in [3.8, 4) is 5.75 Å². The van der Waals surface area contributed by atoms with Crippen LogP contribution in [0.2, 0.25) is 0 Å². The van der Waals surface area contributed by atoms with Crippen LogP contribution in [0.25, 0.3) is 0 Å². The third-order valence-corrected chi connectivity index (χ3v) is 4.54. The van der Waals surface area contributed by atoms with E-state index >= 15 is 0 Å². The van der Waals surface area contributed by atoms with Crippen LogP contribution in [-0.4, -0.2) is 18.7 Å². The summed E-state index contributed by atoms with van der Waals surface area (Å²) in [5.41, 5.74) is 4.10. The van der Waals surface area contributed by atoms with Crippen molar-refractivity contribution in [2.45, 2.75) is 13.8 Å². The van der Waals surface area contributed by atoms with Gasteiger partial charge in [-0.2, -0.15) is 0 Å². The van der Waals surface area contributed by atoms with E-state index < -0.39 is 0 Å². The van der Waals surface area contributed by atoms with Crippen molar-refractivity contribution >= 4 is 11.6 Å². The summed E-state index contributed by atoms with van der Waals surface area (Å²) in [7, 11) is 1.58. The van der Waals surface area contributed by atoms with Crippen LogP contribution in [0.5, 0.6) is 5.75 Å². The highest BCUT2D eigenvalue weighted by molar-refractivity contribution is 6.19. The number of rotatable bonds is 5. The standard InChI is InChI=1S/C23H20O3/c1-15-8-9-18(14-16(15)2)23(25)21-7-5-4-6-20(21)22(24)17-10-12-19(26-3)13-11-17/h4-14H,1-3H3. The fourth-order valence-corrected chi connectivity index (χ4v) is 2.82. The molecule has 0 heterocycles. The van der Waals surface area contributed by atoms with Crippen LogP contribution in [0.1, 0.15) is 43.0 Å². The van der Waals surface area contributed by atoms with Gasteiger partial charge in [-0.3, -0.25) is 9.59 Å². The first-order valence-electron chi connectivity index (χ1n) is 8.41. The maximum atomic E-state index is 13.0. The number of ketones is 2. The molecule has 0 unspecified atom stereocenters. The van der Waals surface area contributed by atoms with Crippen LogP contribution in [-0.2, 0) is 0 Å². The quantitative estimate of drug-likeness (QED) is 0.626. The molecule has 0 amide bonds. The molecular formula is C23H20O3. The second-order valence-electron chi connectivity index (χ2n) is 6.23. The fraction of sp³-hybridized carbons (Fsp3) is 0.130. The normalized spacial score (nSPS) is 10.4. The fourth-order valence-electron chi connectivity index (χ4n) is 2.82. The number of carbonyl (C=O) groups is 2. The van der Waals surface area contributed by atoms with Crippen molar-refractivity contribution in [1.82, 2.24) is 0 Å². The molecule has 0 N–H and O–H groups in total. The van der Waals surface area contributed by atoms with E-state index in [-0.39, 0.29) is 11.6 Å². The number of hydrogen-bond donors (Lipinski definition) is 0. The molecule has 26 heavy (non-hydrogen) atoms. The molecular weight excluding hydrogens is 324 g/mol. The third-order valence-electron chi connectivity index (χ3n) is 4.54. The van der Waals surface area contributed by atoms with Gasteiger partial charge in [-0.25, -0.2) is 0 Å². The topological polar surface area (TPSA) is 43.4 Å². The third kappa shape index (κ3) is 3.42. The van der Waals surface area contributed by atoms with E-state index in [9.17, 15) is 9.59 Å². The predicted molar refractivity (Wildman–Crippen MR) is 102 cm³/mol. The highest BCUT2D eigenvalue weighted by Crippen LogP contribution is 2.21. The molecule has 3 aromatic carbocycles. The summed E-state index contributed by atoms with van der Waals surface area (Å²) in [6.45, 7) is 3.98. The van der Waals surface area contributed by atoms with Crippen molar-refractivity contribution in [2.75, 3.05) is 7.11 Å². The molecule has 0 aliphatic carbocycles. The van der Waals surface area contributed by atoms with Gasteiger partial charge in [0, 0.05) is 22.3 Å². The van der Waals surface area contributed by atoms with Gasteiger partial charge in [0.1, 0.15) is 5.75 Å². The second-order valence-corrected chi connectivity index (χ2v) is 6.23. The van der Waals surface area contributed by atoms with Crippen molar-refractivity contribution in [3.63, 3.8) is 0 Å². The number of methoxy groups -OCH3 is 1. The van der Waals surface area contributed by atoms with Gasteiger partial charge in [0.2, 0.25) is 0 Å². The number of ether oxygens (including phenoxy) is 1. The van der Waals surface area contributed by atoms with Gasteiger partial charge in [-0.15, -0.1) is 0 Å². The van der Waals surface area contributed by atoms with E-state index in [1.165, 1.54) is 0 Å². The summed E-state index contributed by atoms with van der Waals surface area (Å²) in [6, 6.07) is 19.4. The first-order valence-corrected chi connectivity index (χ1v) is 8.41. The summed E-state index contributed by atoms with van der Waals surface area (Å²) in [5, 5.41) is 0. The Bertz CT molecular complexity index is 969. The van der Waals surface area contributed by atoms with Gasteiger partial charge in [0.15, 0.2) is 11.6 Å².